The molecular weight excluding hydrogens is 432 g/mol. The number of hydrogen-bond donors (Lipinski definition) is 0. The average molecular weight is 469 g/mol. The highest BCUT2D eigenvalue weighted by Gasteiger charge is 2.49. The van der Waals surface area contributed by atoms with Gasteiger partial charge in [-0.3, -0.25) is 4.79 Å². The van der Waals surface area contributed by atoms with Crippen molar-refractivity contribution in [2.75, 3.05) is 12.5 Å². The van der Waals surface area contributed by atoms with Crippen molar-refractivity contribution in [2.24, 2.45) is 5.92 Å². The lowest BCUT2D eigenvalue weighted by molar-refractivity contribution is -0.116. The van der Waals surface area contributed by atoms with Gasteiger partial charge in [0.05, 0.1) is 0 Å². The van der Waals surface area contributed by atoms with Gasteiger partial charge in [-0.1, -0.05) is 87.5 Å². The van der Waals surface area contributed by atoms with Crippen LogP contribution in [-0.4, -0.2) is 26.6 Å². The molecule has 0 aromatic heterocycles. The number of rotatable bonds is 10. The molecule has 0 saturated carbocycles. The predicted molar refractivity (Wildman–Crippen MR) is 139 cm³/mol. The number of benzene rings is 2. The number of Topliss-reactive ketones (excluding diaryl/α,β-unsaturated/α-hetero) is 1. The Balaban J connectivity index is 1.77. The fourth-order valence-electron chi connectivity index (χ4n) is 5.08. The molecule has 0 bridgehead atoms. The predicted octanol–water partition coefficient (Wildman–Crippen LogP) is 6.27. The molecule has 2 nitrogen and oxygen atoms in total. The maximum atomic E-state index is 13.0. The Morgan fingerprint density at radius 3 is 2.16 bits per heavy atom. The lowest BCUT2D eigenvalue weighted by atomic mass is 9.83. The summed E-state index contributed by atoms with van der Waals surface area (Å²) in [4.78, 5) is 13.0. The van der Waals surface area contributed by atoms with E-state index in [1.807, 2.05) is 0 Å². The number of carbonyl (C=O) groups is 1. The Morgan fingerprint density at radius 2 is 1.62 bits per heavy atom. The number of halogens is 1. The number of hydrogen-bond acceptors (Lipinski definition) is 2. The smallest absolute Gasteiger partial charge is 0.261 e. The Hall–Kier alpha value is -1.68. The fraction of sp³-hybridized carbons (Fsp3) is 0.464. The first-order chi connectivity index (χ1) is 15.4. The number of carbonyl (C=O) groups excluding carboxylic acids is 1. The first-order valence-corrected chi connectivity index (χ1v) is 14.4. The number of ketones is 1. The summed E-state index contributed by atoms with van der Waals surface area (Å²) >= 11 is 5.99. The highest BCUT2D eigenvalue weighted by atomic mass is 35.5. The van der Waals surface area contributed by atoms with Crippen molar-refractivity contribution in [3.05, 3.63) is 72.3 Å². The van der Waals surface area contributed by atoms with E-state index < -0.39 is 8.32 Å². The van der Waals surface area contributed by atoms with Crippen LogP contribution in [0.2, 0.25) is 5.04 Å². The lowest BCUT2D eigenvalue weighted by Crippen LogP contribution is -2.66. The second kappa shape index (κ2) is 11.4. The van der Waals surface area contributed by atoms with Gasteiger partial charge in [0.2, 0.25) is 0 Å². The minimum absolute atomic E-state index is 0.0446. The van der Waals surface area contributed by atoms with Crippen LogP contribution in [-0.2, 0) is 9.22 Å². The topological polar surface area (TPSA) is 26.3 Å². The van der Waals surface area contributed by atoms with E-state index in [2.05, 4.69) is 87.5 Å². The van der Waals surface area contributed by atoms with E-state index in [9.17, 15) is 4.79 Å². The van der Waals surface area contributed by atoms with Gasteiger partial charge in [0.15, 0.2) is 5.78 Å². The van der Waals surface area contributed by atoms with Gasteiger partial charge in [0, 0.05) is 18.9 Å². The van der Waals surface area contributed by atoms with Crippen LogP contribution in [0.25, 0.3) is 0 Å². The summed E-state index contributed by atoms with van der Waals surface area (Å²) in [5, 5.41) is 2.52. The molecule has 0 radical (unpaired) electrons. The minimum Gasteiger partial charge on any atom is -0.407 e. The zero-order valence-corrected chi connectivity index (χ0v) is 21.5. The van der Waals surface area contributed by atoms with Gasteiger partial charge >= 0.3 is 0 Å². The Kier molecular flexibility index (Phi) is 8.92. The number of alkyl halides is 1. The molecule has 0 N–H and O–H groups in total. The molecule has 0 amide bonds. The van der Waals surface area contributed by atoms with Crippen LogP contribution in [0.3, 0.4) is 0 Å². The van der Waals surface area contributed by atoms with Crippen molar-refractivity contribution in [3.8, 4) is 0 Å². The van der Waals surface area contributed by atoms with Crippen molar-refractivity contribution >= 4 is 36.1 Å². The van der Waals surface area contributed by atoms with Crippen molar-refractivity contribution in [1.29, 1.82) is 0 Å². The molecule has 1 aliphatic carbocycles. The second-order valence-corrected chi connectivity index (χ2v) is 14.5. The molecule has 0 spiro atoms. The highest BCUT2D eigenvalue weighted by Crippen LogP contribution is 2.37. The summed E-state index contributed by atoms with van der Waals surface area (Å²) in [6.45, 7) is 7.45. The Bertz CT molecular complexity index is 847. The van der Waals surface area contributed by atoms with E-state index in [0.717, 1.165) is 37.7 Å². The summed E-state index contributed by atoms with van der Waals surface area (Å²) in [5.74, 6) is 1.24. The summed E-state index contributed by atoms with van der Waals surface area (Å²) < 4.78 is 6.92. The van der Waals surface area contributed by atoms with Crippen LogP contribution in [0.1, 0.15) is 59.3 Å². The molecule has 1 atom stereocenters. The SMILES string of the molecule is CC(C)(C)[Si](OCCCC(=O)C1=CCCCC1CCCl)(c1ccccc1)c1ccccc1. The molecule has 0 fully saturated rings. The first-order valence-electron chi connectivity index (χ1n) is 11.9. The van der Waals surface area contributed by atoms with E-state index in [0.29, 0.717) is 24.8 Å². The molecule has 0 aliphatic heterocycles. The zero-order chi connectivity index (χ0) is 23.0. The molecule has 2 aromatic carbocycles. The van der Waals surface area contributed by atoms with Gasteiger partial charge in [-0.2, -0.15) is 0 Å². The van der Waals surface area contributed by atoms with Gasteiger partial charge in [-0.05, 0) is 59.0 Å². The van der Waals surface area contributed by atoms with Crippen molar-refractivity contribution in [2.45, 2.75) is 64.3 Å². The lowest BCUT2D eigenvalue weighted by Gasteiger charge is -2.43. The van der Waals surface area contributed by atoms with Crippen molar-refractivity contribution in [1.82, 2.24) is 0 Å². The maximum Gasteiger partial charge on any atom is 0.261 e. The molecule has 3 rings (SSSR count). The van der Waals surface area contributed by atoms with Crippen molar-refractivity contribution < 1.29 is 9.22 Å². The van der Waals surface area contributed by atoms with Gasteiger partial charge in [-0.15, -0.1) is 11.6 Å². The van der Waals surface area contributed by atoms with Crippen LogP contribution in [0.5, 0.6) is 0 Å². The van der Waals surface area contributed by atoms with Gasteiger partial charge in [-0.25, -0.2) is 0 Å². The molecule has 172 valence electrons. The summed E-state index contributed by atoms with van der Waals surface area (Å²) in [7, 11) is -2.53. The molecule has 0 saturated heterocycles. The maximum absolute atomic E-state index is 13.0. The van der Waals surface area contributed by atoms with Crippen molar-refractivity contribution in [3.63, 3.8) is 0 Å². The van der Waals surface area contributed by atoms with Gasteiger partial charge in [0.1, 0.15) is 0 Å². The monoisotopic (exact) mass is 468 g/mol. The minimum atomic E-state index is -2.53. The molecule has 0 heterocycles. The normalized spacial score (nSPS) is 17.1. The van der Waals surface area contributed by atoms with Crippen LogP contribution >= 0.6 is 11.6 Å². The Labute approximate surface area is 200 Å². The first kappa shape index (κ1) is 24.9. The standard InChI is InChI=1S/C28H37ClO2Si/c1-28(2,3)32(24-14-6-4-7-15-24,25-16-8-5-9-17-25)31-22-12-19-27(30)26-18-11-10-13-23(26)20-21-29/h4-9,14-18,23H,10-13,19-22H2,1-3H3. The van der Waals surface area contributed by atoms with Crippen LogP contribution in [0.15, 0.2) is 72.3 Å². The summed E-state index contributed by atoms with van der Waals surface area (Å²) in [6, 6.07) is 21.4. The summed E-state index contributed by atoms with van der Waals surface area (Å²) in [5.41, 5.74) is 1.02. The second-order valence-electron chi connectivity index (χ2n) is 9.80. The van der Waals surface area contributed by atoms with E-state index in [1.165, 1.54) is 10.4 Å². The molecule has 32 heavy (non-hydrogen) atoms. The third-order valence-electron chi connectivity index (χ3n) is 6.62. The van der Waals surface area contributed by atoms with E-state index in [-0.39, 0.29) is 10.8 Å². The highest BCUT2D eigenvalue weighted by molar-refractivity contribution is 6.99. The molecule has 1 unspecified atom stereocenters. The van der Waals surface area contributed by atoms with Gasteiger partial charge < -0.3 is 4.43 Å². The molecular formula is C28H37ClO2Si. The van der Waals surface area contributed by atoms with Crippen LogP contribution in [0, 0.1) is 5.92 Å². The average Bonchev–Trinajstić information content (AvgIpc) is 2.80. The van der Waals surface area contributed by atoms with E-state index in [1.54, 1.807) is 0 Å². The molecule has 4 heteroatoms. The third-order valence-corrected chi connectivity index (χ3v) is 11.9. The van der Waals surface area contributed by atoms with Crippen LogP contribution in [0.4, 0.5) is 0 Å². The van der Waals surface area contributed by atoms with Crippen LogP contribution < -0.4 is 10.4 Å². The number of allylic oxidation sites excluding steroid dienone is 2. The Morgan fingerprint density at radius 1 is 1.03 bits per heavy atom. The van der Waals surface area contributed by atoms with E-state index >= 15 is 0 Å². The fourth-order valence-corrected chi connectivity index (χ4v) is 9.95. The molecule has 1 aliphatic rings. The summed E-state index contributed by atoms with van der Waals surface area (Å²) in [6.07, 6.45) is 7.61. The largest absolute Gasteiger partial charge is 0.407 e. The van der Waals surface area contributed by atoms with Gasteiger partial charge in [0.25, 0.3) is 8.32 Å². The third kappa shape index (κ3) is 5.62. The molecule has 2 aromatic rings. The van der Waals surface area contributed by atoms with E-state index in [4.69, 9.17) is 16.0 Å². The quantitative estimate of drug-likeness (QED) is 0.233. The zero-order valence-electron chi connectivity index (χ0n) is 19.8.